The van der Waals surface area contributed by atoms with E-state index in [0.717, 1.165) is 29.7 Å². The zero-order valence-corrected chi connectivity index (χ0v) is 18.8. The van der Waals surface area contributed by atoms with Crippen LogP contribution in [0.3, 0.4) is 0 Å². The van der Waals surface area contributed by atoms with Gasteiger partial charge >= 0.3 is 0 Å². The van der Waals surface area contributed by atoms with Gasteiger partial charge in [0.1, 0.15) is 11.5 Å². The van der Waals surface area contributed by atoms with Crippen LogP contribution in [-0.4, -0.2) is 17.6 Å². The monoisotopic (exact) mass is 397 g/mol. The second kappa shape index (κ2) is 8.89. The molecule has 0 bridgehead atoms. The molecule has 158 valence electrons. The molecule has 1 amide bonds. The van der Waals surface area contributed by atoms with Gasteiger partial charge in [0.25, 0.3) is 5.91 Å². The molecule has 2 aromatic rings. The molecule has 2 N–H and O–H groups in total. The molecule has 0 radical (unpaired) electrons. The van der Waals surface area contributed by atoms with Gasteiger partial charge in [-0.15, -0.1) is 0 Å². The van der Waals surface area contributed by atoms with Crippen molar-refractivity contribution >= 4 is 11.6 Å². The van der Waals surface area contributed by atoms with Gasteiger partial charge < -0.3 is 15.2 Å². The quantitative estimate of drug-likeness (QED) is 0.530. The summed E-state index contributed by atoms with van der Waals surface area (Å²) in [4.78, 5) is 12.4. The topological polar surface area (TPSA) is 58.6 Å². The molecule has 0 fully saturated rings. The van der Waals surface area contributed by atoms with Crippen LogP contribution in [0.15, 0.2) is 36.4 Å². The van der Waals surface area contributed by atoms with Crippen molar-refractivity contribution in [3.05, 3.63) is 53.1 Å². The number of hydrogen-bond donors (Lipinski definition) is 2. The number of anilines is 1. The van der Waals surface area contributed by atoms with Crippen LogP contribution in [0.4, 0.5) is 5.69 Å². The molecule has 0 aliphatic carbocycles. The van der Waals surface area contributed by atoms with E-state index in [1.165, 1.54) is 5.56 Å². The van der Waals surface area contributed by atoms with E-state index in [9.17, 15) is 9.90 Å². The van der Waals surface area contributed by atoms with E-state index in [0.29, 0.717) is 5.69 Å². The Labute approximate surface area is 175 Å². The molecule has 4 heteroatoms. The van der Waals surface area contributed by atoms with Gasteiger partial charge in [-0.1, -0.05) is 59.7 Å². The molecule has 29 heavy (non-hydrogen) atoms. The van der Waals surface area contributed by atoms with E-state index in [1.807, 2.05) is 19.1 Å². The van der Waals surface area contributed by atoms with E-state index in [-0.39, 0.29) is 29.1 Å². The number of benzene rings is 2. The third-order valence-electron chi connectivity index (χ3n) is 6.04. The van der Waals surface area contributed by atoms with Gasteiger partial charge in [0.15, 0.2) is 6.61 Å². The Morgan fingerprint density at radius 3 is 2.24 bits per heavy atom. The fourth-order valence-corrected chi connectivity index (χ4v) is 3.08. The van der Waals surface area contributed by atoms with E-state index >= 15 is 0 Å². The van der Waals surface area contributed by atoms with Gasteiger partial charge in [-0.3, -0.25) is 4.79 Å². The summed E-state index contributed by atoms with van der Waals surface area (Å²) in [7, 11) is 0. The first kappa shape index (κ1) is 22.8. The molecule has 0 aliphatic rings. The van der Waals surface area contributed by atoms with E-state index < -0.39 is 0 Å². The summed E-state index contributed by atoms with van der Waals surface area (Å²) in [6.07, 6.45) is 2.00. The summed E-state index contributed by atoms with van der Waals surface area (Å²) in [5.41, 5.74) is 3.72. The van der Waals surface area contributed by atoms with Gasteiger partial charge in [0.05, 0.1) is 5.69 Å². The zero-order chi connectivity index (χ0) is 21.8. The van der Waals surface area contributed by atoms with Crippen molar-refractivity contribution in [3.63, 3.8) is 0 Å². The Morgan fingerprint density at radius 2 is 1.66 bits per heavy atom. The van der Waals surface area contributed by atoms with Crippen LogP contribution in [0.2, 0.25) is 0 Å². The predicted molar refractivity (Wildman–Crippen MR) is 120 cm³/mol. The molecule has 4 nitrogen and oxygen atoms in total. The molecule has 2 aromatic carbocycles. The average Bonchev–Trinajstić information content (AvgIpc) is 2.68. The number of hydrogen-bond acceptors (Lipinski definition) is 3. The second-order valence-electron chi connectivity index (χ2n) is 9.04. The Bertz CT molecular complexity index is 868. The maximum absolute atomic E-state index is 12.4. The molecule has 0 spiro atoms. The van der Waals surface area contributed by atoms with Crippen LogP contribution in [0.25, 0.3) is 0 Å². The van der Waals surface area contributed by atoms with Crippen LogP contribution in [0, 0.1) is 6.92 Å². The third kappa shape index (κ3) is 5.53. The number of aromatic hydroxyl groups is 1. The number of rotatable bonds is 8. The van der Waals surface area contributed by atoms with Crippen LogP contribution in [-0.2, 0) is 15.6 Å². The van der Waals surface area contributed by atoms with Crippen LogP contribution < -0.4 is 10.1 Å². The number of phenolic OH excluding ortho intramolecular Hbond substituents is 1. The molecule has 0 saturated heterocycles. The average molecular weight is 398 g/mol. The van der Waals surface area contributed by atoms with Gasteiger partial charge in [0, 0.05) is 5.56 Å². The highest BCUT2D eigenvalue weighted by atomic mass is 16.5. The number of carbonyl (C=O) groups is 1. The largest absolute Gasteiger partial charge is 0.506 e. The van der Waals surface area contributed by atoms with Crippen LogP contribution in [0.5, 0.6) is 11.5 Å². The highest BCUT2D eigenvalue weighted by molar-refractivity contribution is 5.93. The normalized spacial score (nSPS) is 12.0. The number of amides is 1. The summed E-state index contributed by atoms with van der Waals surface area (Å²) >= 11 is 0. The van der Waals surface area contributed by atoms with E-state index in [2.05, 4.69) is 59.0 Å². The molecule has 0 aromatic heterocycles. The predicted octanol–water partition coefficient (Wildman–Crippen LogP) is 6.09. The Morgan fingerprint density at radius 1 is 1.00 bits per heavy atom. The van der Waals surface area contributed by atoms with Gasteiger partial charge in [-0.2, -0.15) is 0 Å². The zero-order valence-electron chi connectivity index (χ0n) is 18.8. The van der Waals surface area contributed by atoms with Gasteiger partial charge in [-0.05, 0) is 59.9 Å². The first-order valence-corrected chi connectivity index (χ1v) is 10.4. The molecule has 0 heterocycles. The number of nitrogens with one attached hydrogen (secondary N) is 1. The summed E-state index contributed by atoms with van der Waals surface area (Å²) in [6, 6.07) is 11.5. The maximum atomic E-state index is 12.4. The lowest BCUT2D eigenvalue weighted by Gasteiger charge is -2.30. The third-order valence-corrected chi connectivity index (χ3v) is 6.04. The van der Waals surface area contributed by atoms with Crippen LogP contribution in [0.1, 0.15) is 71.1 Å². The van der Waals surface area contributed by atoms with Crippen molar-refractivity contribution in [2.24, 2.45) is 0 Å². The fraction of sp³-hybridized carbons (Fsp3) is 0.480. The van der Waals surface area contributed by atoms with Crippen molar-refractivity contribution in [2.45, 2.75) is 72.1 Å². The number of aryl methyl sites for hydroxylation is 1. The van der Waals surface area contributed by atoms with Crippen molar-refractivity contribution < 1.29 is 14.6 Å². The summed E-state index contributed by atoms with van der Waals surface area (Å²) in [6.45, 7) is 15.0. The first-order chi connectivity index (χ1) is 13.5. The van der Waals surface area contributed by atoms with Crippen LogP contribution >= 0.6 is 0 Å². The lowest BCUT2D eigenvalue weighted by atomic mass is 9.76. The number of phenols is 1. The highest BCUT2D eigenvalue weighted by Crippen LogP contribution is 2.38. The molecule has 0 aliphatic heterocycles. The summed E-state index contributed by atoms with van der Waals surface area (Å²) in [5.74, 6) is 0.482. The fourth-order valence-electron chi connectivity index (χ4n) is 3.08. The maximum Gasteiger partial charge on any atom is 0.262 e. The first-order valence-electron chi connectivity index (χ1n) is 10.4. The summed E-state index contributed by atoms with van der Waals surface area (Å²) < 4.78 is 5.93. The molecule has 0 saturated carbocycles. The second-order valence-corrected chi connectivity index (χ2v) is 9.04. The van der Waals surface area contributed by atoms with Crippen molar-refractivity contribution in [3.8, 4) is 11.5 Å². The minimum atomic E-state index is -0.303. The number of carbonyl (C=O) groups excluding carboxylic acids is 1. The SMILES string of the molecule is CCC(C)(C)c1ccc(OCC(=O)Nc2ccc(C)cc2O)c(C(C)(C)CC)c1. The van der Waals surface area contributed by atoms with E-state index in [1.54, 1.807) is 12.1 Å². The lowest BCUT2D eigenvalue weighted by Crippen LogP contribution is -2.24. The van der Waals surface area contributed by atoms with Crippen molar-refractivity contribution in [2.75, 3.05) is 11.9 Å². The van der Waals surface area contributed by atoms with E-state index in [4.69, 9.17) is 4.74 Å². The smallest absolute Gasteiger partial charge is 0.262 e. The van der Waals surface area contributed by atoms with Gasteiger partial charge in [-0.25, -0.2) is 0 Å². The molecule has 2 rings (SSSR count). The summed E-state index contributed by atoms with van der Waals surface area (Å²) in [5, 5.41) is 12.7. The Hall–Kier alpha value is -2.49. The number of ether oxygens (including phenoxy) is 1. The standard InChI is InChI=1S/C25H35NO3/c1-8-24(4,5)18-11-13-22(19(15-18)25(6,7)9-2)29-16-23(28)26-20-12-10-17(3)14-21(20)27/h10-15,27H,8-9,16H2,1-7H3,(H,26,28). The Balaban J connectivity index is 2.21. The lowest BCUT2D eigenvalue weighted by molar-refractivity contribution is -0.118. The van der Waals surface area contributed by atoms with Crippen molar-refractivity contribution in [1.82, 2.24) is 0 Å². The van der Waals surface area contributed by atoms with Crippen molar-refractivity contribution in [1.29, 1.82) is 0 Å². The minimum Gasteiger partial charge on any atom is -0.506 e. The molecular weight excluding hydrogens is 362 g/mol. The minimum absolute atomic E-state index is 0.0531. The Kier molecular flexibility index (Phi) is 6.99. The van der Waals surface area contributed by atoms with Gasteiger partial charge in [0.2, 0.25) is 0 Å². The molecule has 0 atom stereocenters. The highest BCUT2D eigenvalue weighted by Gasteiger charge is 2.26. The molecule has 0 unspecified atom stereocenters. The molecular formula is C25H35NO3.